The van der Waals surface area contributed by atoms with Gasteiger partial charge in [-0.25, -0.2) is 9.36 Å². The smallest absolute Gasteiger partial charge is 0.394 e. The second-order valence-corrected chi connectivity index (χ2v) is 5.41. The first kappa shape index (κ1) is 19.6. The van der Waals surface area contributed by atoms with E-state index in [1.807, 2.05) is 0 Å². The maximum atomic E-state index is 13.1. The molecule has 4 atom stereocenters. The van der Waals surface area contributed by atoms with Crippen LogP contribution in [0.15, 0.2) is 15.8 Å². The molecule has 2 rings (SSSR count). The molecule has 0 unspecified atom stereocenters. The zero-order valence-electron chi connectivity index (χ0n) is 11.2. The van der Waals surface area contributed by atoms with Gasteiger partial charge < -0.3 is 34.7 Å². The van der Waals surface area contributed by atoms with Crippen LogP contribution < -0.4 is 11.2 Å². The molecule has 2 heterocycles. The summed E-state index contributed by atoms with van der Waals surface area (Å²) in [5.41, 5.74) is -2.18. The largest absolute Gasteiger partial charge is 0.466 e. The number of aliphatic hydroxyl groups is 3. The molecule has 7 N–H and O–H groups in total. The lowest BCUT2D eigenvalue weighted by molar-refractivity contribution is -0.0554. The number of hydrogen-bond acceptors (Lipinski definition) is 7. The molecule has 1 aromatic heterocycles. The van der Waals surface area contributed by atoms with Crippen LogP contribution >= 0.6 is 7.82 Å². The predicted octanol–water partition coefficient (Wildman–Crippen LogP) is -3.64. The zero-order chi connectivity index (χ0) is 17.9. The van der Waals surface area contributed by atoms with Crippen molar-refractivity contribution in [2.75, 3.05) is 6.61 Å². The highest BCUT2D eigenvalue weighted by atomic mass is 31.2. The summed E-state index contributed by atoms with van der Waals surface area (Å²) < 4.78 is 27.6. The van der Waals surface area contributed by atoms with Crippen molar-refractivity contribution in [3.8, 4) is 0 Å². The number of phosphoric acid groups is 1. The Kier molecular flexibility index (Phi) is 6.33. The minimum absolute atomic E-state index is 0.571. The quantitative estimate of drug-likeness (QED) is 0.258. The van der Waals surface area contributed by atoms with Crippen LogP contribution in [-0.2, 0) is 9.30 Å². The number of aromatic amines is 1. The lowest BCUT2D eigenvalue weighted by Gasteiger charge is -2.16. The summed E-state index contributed by atoms with van der Waals surface area (Å²) in [6.07, 6.45) is -4.84. The second-order valence-electron chi connectivity index (χ2n) is 4.39. The van der Waals surface area contributed by atoms with Crippen molar-refractivity contribution >= 4 is 7.82 Å². The van der Waals surface area contributed by atoms with Crippen LogP contribution in [0.4, 0.5) is 4.39 Å². The molecule has 0 spiro atoms. The highest BCUT2D eigenvalue weighted by molar-refractivity contribution is 7.45. The van der Waals surface area contributed by atoms with Gasteiger partial charge in [0.05, 0.1) is 12.8 Å². The summed E-state index contributed by atoms with van der Waals surface area (Å²) in [5.74, 6) is -1.23. The molecule has 1 saturated heterocycles. The Bertz CT molecular complexity index is 690. The first-order valence-electron chi connectivity index (χ1n) is 5.87. The fourth-order valence-electron chi connectivity index (χ4n) is 1.76. The minimum atomic E-state index is -4.64. The van der Waals surface area contributed by atoms with Gasteiger partial charge in [-0.2, -0.15) is 4.39 Å². The van der Waals surface area contributed by atoms with Crippen LogP contribution in [-0.4, -0.2) is 64.5 Å². The average molecular weight is 360 g/mol. The number of H-pyrrole nitrogens is 1. The molecule has 23 heavy (non-hydrogen) atoms. The molecule has 0 amide bonds. The van der Waals surface area contributed by atoms with Crippen molar-refractivity contribution in [3.05, 3.63) is 32.9 Å². The van der Waals surface area contributed by atoms with Crippen LogP contribution in [0.5, 0.6) is 0 Å². The number of rotatable bonds is 2. The van der Waals surface area contributed by atoms with Crippen molar-refractivity contribution in [3.63, 3.8) is 0 Å². The van der Waals surface area contributed by atoms with E-state index in [-0.39, 0.29) is 0 Å². The molecule has 0 radical (unpaired) electrons. The summed E-state index contributed by atoms with van der Waals surface area (Å²) in [6.45, 7) is -0.574. The Balaban J connectivity index is 0.000000463. The SMILES string of the molecule is O=P(O)(O)O.O=c1[nH]c(=O)n([C@@H]2O[C@H](CO)[C@@H](O)[C@H]2O)cc1F. The summed E-state index contributed by atoms with van der Waals surface area (Å²) in [4.78, 5) is 45.5. The van der Waals surface area contributed by atoms with E-state index in [2.05, 4.69) is 0 Å². The Morgan fingerprint density at radius 3 is 2.22 bits per heavy atom. The summed E-state index contributed by atoms with van der Waals surface area (Å²) in [5, 5.41) is 28.0. The van der Waals surface area contributed by atoms with E-state index >= 15 is 0 Å². The maximum Gasteiger partial charge on any atom is 0.466 e. The minimum Gasteiger partial charge on any atom is -0.394 e. The molecule has 0 aromatic carbocycles. The van der Waals surface area contributed by atoms with Gasteiger partial charge in [-0.3, -0.25) is 14.3 Å². The monoisotopic (exact) mass is 360 g/mol. The Hall–Kier alpha value is -1.44. The van der Waals surface area contributed by atoms with E-state index in [0.717, 1.165) is 0 Å². The van der Waals surface area contributed by atoms with E-state index in [9.17, 15) is 24.2 Å². The van der Waals surface area contributed by atoms with Crippen molar-refractivity contribution < 1.29 is 43.7 Å². The van der Waals surface area contributed by atoms with Gasteiger partial charge in [0, 0.05) is 0 Å². The van der Waals surface area contributed by atoms with Crippen LogP contribution in [0.1, 0.15) is 6.23 Å². The lowest BCUT2D eigenvalue weighted by Crippen LogP contribution is -2.38. The molecule has 1 fully saturated rings. The van der Waals surface area contributed by atoms with Crippen LogP contribution in [0.3, 0.4) is 0 Å². The van der Waals surface area contributed by atoms with Crippen molar-refractivity contribution in [2.45, 2.75) is 24.5 Å². The van der Waals surface area contributed by atoms with Crippen molar-refractivity contribution in [2.24, 2.45) is 0 Å². The normalized spacial score (nSPS) is 27.4. The standard InChI is InChI=1S/C9H11FN2O6.H3O4P/c10-3-1-12(9(17)11-7(3)16)8-6(15)5(14)4(2-13)18-8;1-5(2,3)4/h1,4-6,8,13-15H,2H2,(H,11,16,17);(H3,1,2,3,4)/t4-,5-,6-,8-;/m1./s1. The lowest BCUT2D eigenvalue weighted by atomic mass is 10.1. The van der Waals surface area contributed by atoms with Gasteiger partial charge in [0.15, 0.2) is 6.23 Å². The van der Waals surface area contributed by atoms with Crippen molar-refractivity contribution in [1.82, 2.24) is 9.55 Å². The number of hydrogen-bond donors (Lipinski definition) is 7. The highest BCUT2D eigenvalue weighted by Crippen LogP contribution is 2.27. The van der Waals surface area contributed by atoms with Gasteiger partial charge >= 0.3 is 13.5 Å². The van der Waals surface area contributed by atoms with Crippen LogP contribution in [0.2, 0.25) is 0 Å². The van der Waals surface area contributed by atoms with E-state index in [0.29, 0.717) is 10.8 Å². The van der Waals surface area contributed by atoms with Crippen LogP contribution in [0, 0.1) is 5.82 Å². The van der Waals surface area contributed by atoms with E-state index in [1.54, 1.807) is 4.98 Å². The molecule has 12 nitrogen and oxygen atoms in total. The number of aliphatic hydroxyl groups excluding tert-OH is 3. The third-order valence-corrected chi connectivity index (χ3v) is 2.72. The Morgan fingerprint density at radius 2 is 1.78 bits per heavy atom. The van der Waals surface area contributed by atoms with Gasteiger partial charge in [-0.05, 0) is 0 Å². The third kappa shape index (κ3) is 5.30. The third-order valence-electron chi connectivity index (χ3n) is 2.72. The second kappa shape index (κ2) is 7.42. The topological polar surface area (TPSA) is 203 Å². The average Bonchev–Trinajstić information content (AvgIpc) is 2.69. The molecular weight excluding hydrogens is 346 g/mol. The summed E-state index contributed by atoms with van der Waals surface area (Å²) >= 11 is 0. The van der Waals surface area contributed by atoms with E-state index in [1.165, 1.54) is 0 Å². The van der Waals surface area contributed by atoms with Gasteiger partial charge in [-0.1, -0.05) is 0 Å². The highest BCUT2D eigenvalue weighted by Gasteiger charge is 2.43. The molecular formula is C9H14FN2O10P. The number of ether oxygens (including phenoxy) is 1. The molecule has 1 aliphatic rings. The van der Waals surface area contributed by atoms with E-state index in [4.69, 9.17) is 29.1 Å². The van der Waals surface area contributed by atoms with Gasteiger partial charge in [0.25, 0.3) is 5.56 Å². The molecule has 14 heteroatoms. The van der Waals surface area contributed by atoms with Crippen molar-refractivity contribution in [1.29, 1.82) is 0 Å². The summed E-state index contributed by atoms with van der Waals surface area (Å²) in [6, 6.07) is 0. The van der Waals surface area contributed by atoms with Gasteiger partial charge in [-0.15, -0.1) is 0 Å². The fraction of sp³-hybridized carbons (Fsp3) is 0.556. The molecule has 1 aromatic rings. The maximum absolute atomic E-state index is 13.1. The van der Waals surface area contributed by atoms with Crippen LogP contribution in [0.25, 0.3) is 0 Å². The fourth-order valence-corrected chi connectivity index (χ4v) is 1.76. The Morgan fingerprint density at radius 1 is 1.26 bits per heavy atom. The summed E-state index contributed by atoms with van der Waals surface area (Å²) in [7, 11) is -4.64. The molecule has 0 aliphatic carbocycles. The first-order valence-corrected chi connectivity index (χ1v) is 7.44. The predicted molar refractivity (Wildman–Crippen MR) is 68.6 cm³/mol. The number of aromatic nitrogens is 2. The molecule has 0 bridgehead atoms. The number of nitrogens with one attached hydrogen (secondary N) is 1. The van der Waals surface area contributed by atoms with Gasteiger partial charge in [0.2, 0.25) is 5.82 Å². The molecule has 1 aliphatic heterocycles. The first-order chi connectivity index (χ1) is 10.5. The molecule has 0 saturated carbocycles. The van der Waals surface area contributed by atoms with E-state index < -0.39 is 56.0 Å². The number of nitrogens with zero attached hydrogens (tertiary/aromatic N) is 1. The molecule has 132 valence electrons. The number of halogens is 1. The Labute approximate surface area is 126 Å². The zero-order valence-corrected chi connectivity index (χ0v) is 12.1. The van der Waals surface area contributed by atoms with Gasteiger partial charge in [0.1, 0.15) is 18.3 Å².